The molecule has 1 N–H and O–H groups in total. The lowest BCUT2D eigenvalue weighted by Gasteiger charge is -2.32. The molecule has 2 heterocycles. The van der Waals surface area contributed by atoms with Crippen LogP contribution in [0.15, 0.2) is 12.4 Å². The number of nitrogens with zero attached hydrogens (tertiary/aromatic N) is 3. The van der Waals surface area contributed by atoms with Gasteiger partial charge in [-0.1, -0.05) is 11.6 Å². The Morgan fingerprint density at radius 2 is 2.06 bits per heavy atom. The number of anilines is 1. The van der Waals surface area contributed by atoms with Crippen LogP contribution in [-0.4, -0.2) is 43.8 Å². The molecule has 0 aliphatic carbocycles. The summed E-state index contributed by atoms with van der Waals surface area (Å²) >= 11 is 5.81. The highest BCUT2D eigenvalue weighted by Crippen LogP contribution is 2.19. The lowest BCUT2D eigenvalue weighted by atomic mass is 10.1. The van der Waals surface area contributed by atoms with Crippen molar-refractivity contribution in [3.8, 4) is 0 Å². The van der Waals surface area contributed by atoms with Gasteiger partial charge in [-0.05, 0) is 12.8 Å². The van der Waals surface area contributed by atoms with E-state index in [1.165, 1.54) is 12.6 Å². The molecule has 100 valence electrons. The highest BCUT2D eigenvalue weighted by Gasteiger charge is 2.22. The summed E-state index contributed by atoms with van der Waals surface area (Å²) in [6.45, 7) is 1.50. The number of halogens is 1. The van der Waals surface area contributed by atoms with Crippen molar-refractivity contribution < 1.29 is 8.42 Å². The van der Waals surface area contributed by atoms with Crippen LogP contribution < -0.4 is 9.62 Å². The molecular weight excluding hydrogens is 276 g/mol. The molecule has 0 radical (unpaired) electrons. The molecule has 1 aliphatic rings. The summed E-state index contributed by atoms with van der Waals surface area (Å²) < 4.78 is 24.9. The molecule has 8 heteroatoms. The molecule has 0 aromatic carbocycles. The lowest BCUT2D eigenvalue weighted by molar-refractivity contribution is 0.460. The van der Waals surface area contributed by atoms with Crippen LogP contribution in [0.4, 0.5) is 5.82 Å². The fraction of sp³-hybridized carbons (Fsp3) is 0.600. The Balaban J connectivity index is 1.94. The summed E-state index contributed by atoms with van der Waals surface area (Å²) in [6, 6.07) is 1.72. The lowest BCUT2D eigenvalue weighted by Crippen LogP contribution is -2.44. The highest BCUT2D eigenvalue weighted by molar-refractivity contribution is 7.88. The molecule has 1 aromatic rings. The monoisotopic (exact) mass is 290 g/mol. The van der Waals surface area contributed by atoms with Crippen LogP contribution in [-0.2, 0) is 10.0 Å². The normalized spacial score (nSPS) is 18.0. The van der Waals surface area contributed by atoms with E-state index in [0.717, 1.165) is 31.7 Å². The Morgan fingerprint density at radius 3 is 2.61 bits per heavy atom. The molecule has 0 bridgehead atoms. The first-order chi connectivity index (χ1) is 8.44. The van der Waals surface area contributed by atoms with E-state index in [-0.39, 0.29) is 6.04 Å². The van der Waals surface area contributed by atoms with Crippen molar-refractivity contribution >= 4 is 27.4 Å². The average Bonchev–Trinajstić information content (AvgIpc) is 2.28. The van der Waals surface area contributed by atoms with Gasteiger partial charge in [-0.15, -0.1) is 0 Å². The standard InChI is InChI=1S/C10H15ClN4O2S/c1-18(16,17)14-8-2-4-15(5-3-8)10-6-9(11)12-7-13-10/h6-8,14H,2-5H2,1H3. The number of nitrogens with one attached hydrogen (secondary N) is 1. The van der Waals surface area contributed by atoms with Crippen LogP contribution in [0, 0.1) is 0 Å². The molecule has 1 aromatic heterocycles. The summed E-state index contributed by atoms with van der Waals surface area (Å²) in [5.74, 6) is 0.785. The molecule has 1 fully saturated rings. The quantitative estimate of drug-likeness (QED) is 0.827. The molecule has 1 aliphatic heterocycles. The van der Waals surface area contributed by atoms with E-state index in [9.17, 15) is 8.42 Å². The third-order valence-corrected chi connectivity index (χ3v) is 3.79. The van der Waals surface area contributed by atoms with Gasteiger partial charge in [-0.2, -0.15) is 0 Å². The number of hydrogen-bond acceptors (Lipinski definition) is 5. The molecule has 0 spiro atoms. The molecule has 6 nitrogen and oxygen atoms in total. The minimum atomic E-state index is -3.13. The van der Waals surface area contributed by atoms with Gasteiger partial charge in [0.1, 0.15) is 17.3 Å². The fourth-order valence-electron chi connectivity index (χ4n) is 2.03. The number of aromatic nitrogens is 2. The van der Waals surface area contributed by atoms with Crippen molar-refractivity contribution in [3.05, 3.63) is 17.5 Å². The van der Waals surface area contributed by atoms with Gasteiger partial charge in [-0.25, -0.2) is 23.1 Å². The van der Waals surface area contributed by atoms with Gasteiger partial charge in [-0.3, -0.25) is 0 Å². The molecule has 0 amide bonds. The van der Waals surface area contributed by atoms with Crippen LogP contribution in [0.25, 0.3) is 0 Å². The second kappa shape index (κ2) is 5.38. The minimum absolute atomic E-state index is 0.00793. The average molecular weight is 291 g/mol. The second-order valence-electron chi connectivity index (χ2n) is 4.35. The Hall–Kier alpha value is -0.920. The van der Waals surface area contributed by atoms with Crippen LogP contribution in [0.1, 0.15) is 12.8 Å². The Kier molecular flexibility index (Phi) is 4.04. The topological polar surface area (TPSA) is 75.2 Å². The van der Waals surface area contributed by atoms with Crippen molar-refractivity contribution in [3.63, 3.8) is 0 Å². The van der Waals surface area contributed by atoms with Crippen LogP contribution in [0.5, 0.6) is 0 Å². The maximum Gasteiger partial charge on any atom is 0.208 e. The van der Waals surface area contributed by atoms with Crippen LogP contribution >= 0.6 is 11.6 Å². The zero-order valence-corrected chi connectivity index (χ0v) is 11.6. The maximum atomic E-state index is 11.1. The number of piperidine rings is 1. The number of rotatable bonds is 3. The third-order valence-electron chi connectivity index (χ3n) is 2.82. The Labute approximate surface area is 111 Å². The number of sulfonamides is 1. The fourth-order valence-corrected chi connectivity index (χ4v) is 3.01. The summed E-state index contributed by atoms with van der Waals surface area (Å²) in [4.78, 5) is 10.1. The summed E-state index contributed by atoms with van der Waals surface area (Å²) in [5.41, 5.74) is 0. The van der Waals surface area contributed by atoms with E-state index in [1.54, 1.807) is 6.07 Å². The Bertz CT molecular complexity index is 514. The first-order valence-electron chi connectivity index (χ1n) is 5.64. The summed E-state index contributed by atoms with van der Waals surface area (Å²) in [6.07, 6.45) is 4.13. The Morgan fingerprint density at radius 1 is 1.39 bits per heavy atom. The van der Waals surface area contributed by atoms with Crippen LogP contribution in [0.3, 0.4) is 0 Å². The molecule has 2 rings (SSSR count). The first kappa shape index (κ1) is 13.5. The van der Waals surface area contributed by atoms with Crippen molar-refractivity contribution in [2.24, 2.45) is 0 Å². The van der Waals surface area contributed by atoms with Gasteiger partial charge in [0.15, 0.2) is 0 Å². The van der Waals surface area contributed by atoms with E-state index < -0.39 is 10.0 Å². The predicted molar refractivity (Wildman–Crippen MR) is 70.3 cm³/mol. The maximum absolute atomic E-state index is 11.1. The smallest absolute Gasteiger partial charge is 0.208 e. The first-order valence-corrected chi connectivity index (χ1v) is 7.91. The van der Waals surface area contributed by atoms with Crippen LogP contribution in [0.2, 0.25) is 5.15 Å². The highest BCUT2D eigenvalue weighted by atomic mass is 35.5. The second-order valence-corrected chi connectivity index (χ2v) is 6.52. The third kappa shape index (κ3) is 3.79. The van der Waals surface area contributed by atoms with Crippen molar-refractivity contribution in [2.75, 3.05) is 24.2 Å². The summed E-state index contributed by atoms with van der Waals surface area (Å²) in [5, 5.41) is 0.413. The molecule has 1 saturated heterocycles. The van der Waals surface area contributed by atoms with Crippen molar-refractivity contribution in [1.29, 1.82) is 0 Å². The molecule has 18 heavy (non-hydrogen) atoms. The largest absolute Gasteiger partial charge is 0.356 e. The molecular formula is C10H15ClN4O2S. The van der Waals surface area contributed by atoms with E-state index in [4.69, 9.17) is 11.6 Å². The molecule has 0 atom stereocenters. The molecule has 0 saturated carbocycles. The number of hydrogen-bond donors (Lipinski definition) is 1. The zero-order valence-electron chi connectivity index (χ0n) is 10.0. The van der Waals surface area contributed by atoms with Crippen molar-refractivity contribution in [1.82, 2.24) is 14.7 Å². The van der Waals surface area contributed by atoms with Gasteiger partial charge in [0.2, 0.25) is 10.0 Å². The minimum Gasteiger partial charge on any atom is -0.356 e. The van der Waals surface area contributed by atoms with Gasteiger partial charge in [0.05, 0.1) is 6.26 Å². The van der Waals surface area contributed by atoms with Crippen molar-refractivity contribution in [2.45, 2.75) is 18.9 Å². The zero-order chi connectivity index (χ0) is 13.2. The van der Waals surface area contributed by atoms with E-state index in [0.29, 0.717) is 5.15 Å². The van der Waals surface area contributed by atoms with E-state index in [1.807, 2.05) is 0 Å². The van der Waals surface area contributed by atoms with Gasteiger partial charge >= 0.3 is 0 Å². The van der Waals surface area contributed by atoms with Gasteiger partial charge in [0, 0.05) is 25.2 Å². The summed E-state index contributed by atoms with van der Waals surface area (Å²) in [7, 11) is -3.13. The van der Waals surface area contributed by atoms with E-state index in [2.05, 4.69) is 19.6 Å². The van der Waals surface area contributed by atoms with Gasteiger partial charge in [0.25, 0.3) is 0 Å². The molecule has 0 unspecified atom stereocenters. The van der Waals surface area contributed by atoms with E-state index >= 15 is 0 Å². The van der Waals surface area contributed by atoms with Gasteiger partial charge < -0.3 is 4.90 Å². The SMILES string of the molecule is CS(=O)(=O)NC1CCN(c2cc(Cl)ncn2)CC1. The predicted octanol–water partition coefficient (Wildman–Crippen LogP) is 0.648.